The predicted molar refractivity (Wildman–Crippen MR) is 53.3 cm³/mol. The number of ether oxygens (including phenoxy) is 1. The number of nitrogens with zero attached hydrogens (tertiary/aromatic N) is 1. The zero-order chi connectivity index (χ0) is 10.3. The summed E-state index contributed by atoms with van der Waals surface area (Å²) in [6, 6.07) is -0.721. The zero-order valence-electron chi connectivity index (χ0n) is 7.78. The van der Waals surface area contributed by atoms with Crippen LogP contribution in [-0.4, -0.2) is 29.3 Å². The van der Waals surface area contributed by atoms with Crippen molar-refractivity contribution in [3.63, 3.8) is 0 Å². The van der Waals surface area contributed by atoms with Crippen LogP contribution in [-0.2, 0) is 4.74 Å². The Morgan fingerprint density at radius 3 is 2.85 bits per heavy atom. The van der Waals surface area contributed by atoms with E-state index in [1.54, 1.807) is 0 Å². The van der Waals surface area contributed by atoms with Gasteiger partial charge in [-0.05, 0) is 18.6 Å². The van der Waals surface area contributed by atoms with Gasteiger partial charge in [0.15, 0.2) is 6.61 Å². The summed E-state index contributed by atoms with van der Waals surface area (Å²) in [5.41, 5.74) is 0. The van der Waals surface area contributed by atoms with Crippen LogP contribution in [0.25, 0.3) is 0 Å². The van der Waals surface area contributed by atoms with Crippen LogP contribution in [0.1, 0.15) is 20.3 Å². The molecule has 0 amide bonds. The van der Waals surface area contributed by atoms with E-state index in [1.165, 1.54) is 6.92 Å². The minimum atomic E-state index is -0.721. The molecule has 0 saturated carbocycles. The first kappa shape index (κ1) is 12.1. The Kier molecular flexibility index (Phi) is 6.13. The fourth-order valence-corrected chi connectivity index (χ4v) is 0.705. The van der Waals surface area contributed by atoms with Gasteiger partial charge in [0.05, 0.1) is 0 Å². The summed E-state index contributed by atoms with van der Waals surface area (Å²) in [4.78, 5) is 9.79. The van der Waals surface area contributed by atoms with Crippen molar-refractivity contribution in [1.82, 2.24) is 5.32 Å². The molecule has 0 radical (unpaired) electrons. The molecule has 0 aliphatic carbocycles. The highest BCUT2D eigenvalue weighted by atomic mass is 32.1. The van der Waals surface area contributed by atoms with Gasteiger partial charge in [0, 0.05) is 18.4 Å². The summed E-state index contributed by atoms with van der Waals surface area (Å²) in [6.07, 6.45) is 0.939. The lowest BCUT2D eigenvalue weighted by Gasteiger charge is -2.09. The van der Waals surface area contributed by atoms with Crippen molar-refractivity contribution in [2.75, 3.05) is 13.2 Å². The van der Waals surface area contributed by atoms with Gasteiger partial charge in [0.25, 0.3) is 5.17 Å². The van der Waals surface area contributed by atoms with Crippen LogP contribution in [0.4, 0.5) is 0 Å². The van der Waals surface area contributed by atoms with Crippen LogP contribution >= 0.6 is 12.2 Å². The van der Waals surface area contributed by atoms with Crippen LogP contribution in [0.2, 0.25) is 0 Å². The van der Waals surface area contributed by atoms with Gasteiger partial charge in [-0.3, -0.25) is 10.1 Å². The Balaban J connectivity index is 3.52. The first-order valence-electron chi connectivity index (χ1n) is 4.12. The Morgan fingerprint density at radius 2 is 2.38 bits per heavy atom. The topological polar surface area (TPSA) is 64.4 Å². The molecule has 0 fully saturated rings. The molecule has 0 saturated heterocycles. The molecule has 1 atom stereocenters. The van der Waals surface area contributed by atoms with Crippen molar-refractivity contribution in [3.05, 3.63) is 10.1 Å². The maximum absolute atomic E-state index is 10.2. The molecule has 1 N–H and O–H groups in total. The van der Waals surface area contributed by atoms with Gasteiger partial charge in [-0.2, -0.15) is 0 Å². The van der Waals surface area contributed by atoms with Gasteiger partial charge < -0.3 is 10.1 Å². The third-order valence-corrected chi connectivity index (χ3v) is 1.60. The van der Waals surface area contributed by atoms with Crippen LogP contribution in [0, 0.1) is 10.1 Å². The van der Waals surface area contributed by atoms with Gasteiger partial charge in [-0.25, -0.2) is 0 Å². The summed E-state index contributed by atoms with van der Waals surface area (Å²) in [7, 11) is 0. The molecule has 0 spiro atoms. The second-order valence-electron chi connectivity index (χ2n) is 2.66. The maximum atomic E-state index is 10.2. The summed E-state index contributed by atoms with van der Waals surface area (Å²) < 4.78 is 4.95. The lowest BCUT2D eigenvalue weighted by atomic mass is 10.4. The van der Waals surface area contributed by atoms with Crippen molar-refractivity contribution in [2.45, 2.75) is 26.3 Å². The lowest BCUT2D eigenvalue weighted by molar-refractivity contribution is -0.520. The van der Waals surface area contributed by atoms with E-state index in [9.17, 15) is 10.1 Å². The van der Waals surface area contributed by atoms with Crippen LogP contribution in [0.3, 0.4) is 0 Å². The highest BCUT2D eigenvalue weighted by Crippen LogP contribution is 1.90. The van der Waals surface area contributed by atoms with E-state index in [2.05, 4.69) is 5.32 Å². The van der Waals surface area contributed by atoms with E-state index < -0.39 is 11.0 Å². The minimum absolute atomic E-state index is 0.0164. The van der Waals surface area contributed by atoms with Gasteiger partial charge in [0.1, 0.15) is 0 Å². The van der Waals surface area contributed by atoms with Crippen LogP contribution < -0.4 is 5.32 Å². The number of hydrogen-bond donors (Lipinski definition) is 1. The quantitative estimate of drug-likeness (QED) is 0.412. The molecule has 0 aromatic heterocycles. The van der Waals surface area contributed by atoms with E-state index in [-0.39, 0.29) is 11.8 Å². The fraction of sp³-hybridized carbons (Fsp3) is 0.857. The molecule has 0 rings (SSSR count). The summed E-state index contributed by atoms with van der Waals surface area (Å²) in [5, 5.41) is 13.2. The normalized spacial score (nSPS) is 11.8. The maximum Gasteiger partial charge on any atom is 0.256 e. The number of thiocarbonyl (C=S) groups is 1. The van der Waals surface area contributed by atoms with Crippen molar-refractivity contribution in [3.8, 4) is 0 Å². The second-order valence-corrected chi connectivity index (χ2v) is 3.03. The first-order chi connectivity index (χ1) is 6.07. The fourth-order valence-electron chi connectivity index (χ4n) is 0.535. The monoisotopic (exact) mass is 206 g/mol. The minimum Gasteiger partial charge on any atom is -0.464 e. The molecule has 0 aliphatic heterocycles. The molecule has 0 aliphatic rings. The molecule has 5 nitrogen and oxygen atoms in total. The number of hydrogen-bond acceptors (Lipinski definition) is 4. The van der Waals surface area contributed by atoms with E-state index in [0.717, 1.165) is 13.0 Å². The Labute approximate surface area is 82.6 Å². The van der Waals surface area contributed by atoms with Gasteiger partial charge >= 0.3 is 0 Å². The highest BCUT2D eigenvalue weighted by Gasteiger charge is 2.13. The van der Waals surface area contributed by atoms with Crippen LogP contribution in [0.5, 0.6) is 0 Å². The third kappa shape index (κ3) is 6.27. The van der Waals surface area contributed by atoms with Crippen molar-refractivity contribution >= 4 is 17.4 Å². The van der Waals surface area contributed by atoms with E-state index in [0.29, 0.717) is 0 Å². The zero-order valence-corrected chi connectivity index (χ0v) is 8.60. The van der Waals surface area contributed by atoms with Crippen LogP contribution in [0.15, 0.2) is 0 Å². The average Bonchev–Trinajstić information content (AvgIpc) is 2.10. The second kappa shape index (κ2) is 6.59. The van der Waals surface area contributed by atoms with E-state index in [4.69, 9.17) is 17.0 Å². The Hall–Kier alpha value is -0.910. The smallest absolute Gasteiger partial charge is 0.256 e. The molecule has 13 heavy (non-hydrogen) atoms. The summed E-state index contributed by atoms with van der Waals surface area (Å²) in [6.45, 7) is 4.21. The lowest BCUT2D eigenvalue weighted by Crippen LogP contribution is -2.30. The SMILES string of the molecule is CCCNC(=S)OCC(C)[N+](=O)[O-]. The molecule has 0 bridgehead atoms. The van der Waals surface area contributed by atoms with Gasteiger partial charge in [0.2, 0.25) is 6.04 Å². The number of nitro groups is 1. The van der Waals surface area contributed by atoms with Gasteiger partial charge in [-0.1, -0.05) is 6.92 Å². The number of rotatable bonds is 5. The molecule has 76 valence electrons. The molecule has 6 heteroatoms. The van der Waals surface area contributed by atoms with E-state index in [1.807, 2.05) is 6.92 Å². The molecular formula is C7H14N2O3S. The summed E-state index contributed by atoms with van der Waals surface area (Å²) in [5.74, 6) is 0. The Morgan fingerprint density at radius 1 is 1.77 bits per heavy atom. The molecular weight excluding hydrogens is 192 g/mol. The third-order valence-electron chi connectivity index (χ3n) is 1.33. The predicted octanol–water partition coefficient (Wildman–Crippen LogP) is 0.953. The molecule has 0 aromatic rings. The molecule has 1 unspecified atom stereocenters. The van der Waals surface area contributed by atoms with Crippen molar-refractivity contribution < 1.29 is 9.66 Å². The largest absolute Gasteiger partial charge is 0.464 e. The molecule has 0 aromatic carbocycles. The Bertz CT molecular complexity index is 187. The highest BCUT2D eigenvalue weighted by molar-refractivity contribution is 7.80. The first-order valence-corrected chi connectivity index (χ1v) is 4.52. The van der Waals surface area contributed by atoms with Gasteiger partial charge in [-0.15, -0.1) is 0 Å². The average molecular weight is 206 g/mol. The van der Waals surface area contributed by atoms with Crippen molar-refractivity contribution in [1.29, 1.82) is 0 Å². The molecule has 0 heterocycles. The standard InChI is InChI=1S/C7H14N2O3S/c1-3-4-8-7(13)12-5-6(2)9(10)11/h6H,3-5H2,1-2H3,(H,8,13). The van der Waals surface area contributed by atoms with Crippen molar-refractivity contribution in [2.24, 2.45) is 0 Å². The van der Waals surface area contributed by atoms with E-state index >= 15 is 0 Å². The summed E-state index contributed by atoms with van der Waals surface area (Å²) >= 11 is 4.77. The number of nitrogens with one attached hydrogen (secondary N) is 1.